The molecule has 0 unspecified atom stereocenters. The van der Waals surface area contributed by atoms with Crippen LogP contribution >= 0.6 is 0 Å². The first-order valence-electron chi connectivity index (χ1n) is 10.7. The van der Waals surface area contributed by atoms with Gasteiger partial charge in [-0.2, -0.15) is 0 Å². The summed E-state index contributed by atoms with van der Waals surface area (Å²) in [6.45, 7) is 3.76. The van der Waals surface area contributed by atoms with E-state index in [4.69, 9.17) is 14.2 Å². The van der Waals surface area contributed by atoms with Crippen LogP contribution < -0.4 is 19.5 Å². The number of nitrogens with one attached hydrogen (secondary N) is 1. The van der Waals surface area contributed by atoms with Crippen molar-refractivity contribution in [2.75, 3.05) is 25.1 Å². The molecular weight excluding hydrogens is 390 g/mol. The molecule has 0 aliphatic heterocycles. The molecule has 1 amide bonds. The third-order valence-electron chi connectivity index (χ3n) is 4.61. The first-order valence-corrected chi connectivity index (χ1v) is 10.7. The smallest absolute Gasteiger partial charge is 0.255 e. The van der Waals surface area contributed by atoms with E-state index >= 15 is 0 Å². The zero-order valence-corrected chi connectivity index (χ0v) is 17.9. The zero-order valence-electron chi connectivity index (χ0n) is 17.9. The molecule has 31 heavy (non-hydrogen) atoms. The van der Waals surface area contributed by atoms with Gasteiger partial charge in [-0.15, -0.1) is 0 Å². The third kappa shape index (κ3) is 7.70. The van der Waals surface area contributed by atoms with Crippen LogP contribution in [-0.2, 0) is 0 Å². The molecule has 0 saturated heterocycles. The first kappa shape index (κ1) is 22.2. The molecule has 3 aromatic carbocycles. The number of amides is 1. The number of ether oxygens (including phenoxy) is 3. The number of hydrogen-bond acceptors (Lipinski definition) is 4. The predicted molar refractivity (Wildman–Crippen MR) is 123 cm³/mol. The molecule has 5 nitrogen and oxygen atoms in total. The molecular formula is C26H29NO4. The lowest BCUT2D eigenvalue weighted by Crippen LogP contribution is -2.12. The van der Waals surface area contributed by atoms with Gasteiger partial charge in [-0.3, -0.25) is 4.79 Å². The van der Waals surface area contributed by atoms with Gasteiger partial charge in [0.25, 0.3) is 5.91 Å². The van der Waals surface area contributed by atoms with Crippen LogP contribution in [0.4, 0.5) is 5.69 Å². The normalized spacial score (nSPS) is 10.4. The maximum absolute atomic E-state index is 12.5. The van der Waals surface area contributed by atoms with Gasteiger partial charge in [0.05, 0.1) is 6.61 Å². The van der Waals surface area contributed by atoms with Crippen LogP contribution in [0.3, 0.4) is 0 Å². The summed E-state index contributed by atoms with van der Waals surface area (Å²) >= 11 is 0. The van der Waals surface area contributed by atoms with Crippen molar-refractivity contribution in [3.8, 4) is 17.2 Å². The van der Waals surface area contributed by atoms with Crippen molar-refractivity contribution in [3.05, 3.63) is 84.4 Å². The Kier molecular flexibility index (Phi) is 8.80. The maximum atomic E-state index is 12.5. The molecule has 0 atom stereocenters. The summed E-state index contributed by atoms with van der Waals surface area (Å²) in [5.74, 6) is 2.16. The number of carbonyl (C=O) groups excluding carboxylic acids is 1. The highest BCUT2D eigenvalue weighted by atomic mass is 16.5. The molecule has 0 aliphatic rings. The highest BCUT2D eigenvalue weighted by Crippen LogP contribution is 2.18. The van der Waals surface area contributed by atoms with Crippen LogP contribution in [0, 0.1) is 0 Å². The number of rotatable bonds is 12. The summed E-state index contributed by atoms with van der Waals surface area (Å²) in [4.78, 5) is 12.5. The second-order valence-electron chi connectivity index (χ2n) is 7.07. The SMILES string of the molecule is CCCCCOc1ccc(C(=O)Nc2ccc(OCCOc3ccccc3)cc2)cc1. The summed E-state index contributed by atoms with van der Waals surface area (Å²) in [7, 11) is 0. The Morgan fingerprint density at radius 2 is 1.23 bits per heavy atom. The summed E-state index contributed by atoms with van der Waals surface area (Å²) in [6.07, 6.45) is 3.36. The van der Waals surface area contributed by atoms with Gasteiger partial charge in [0.1, 0.15) is 30.5 Å². The van der Waals surface area contributed by atoms with Gasteiger partial charge in [-0.05, 0) is 67.1 Å². The minimum absolute atomic E-state index is 0.164. The van der Waals surface area contributed by atoms with Crippen LogP contribution in [-0.4, -0.2) is 25.7 Å². The summed E-state index contributed by atoms with van der Waals surface area (Å²) < 4.78 is 17.0. The van der Waals surface area contributed by atoms with E-state index in [1.165, 1.54) is 0 Å². The van der Waals surface area contributed by atoms with Crippen LogP contribution in [0.5, 0.6) is 17.2 Å². The molecule has 0 heterocycles. The highest BCUT2D eigenvalue weighted by molar-refractivity contribution is 6.04. The highest BCUT2D eigenvalue weighted by Gasteiger charge is 2.07. The van der Waals surface area contributed by atoms with Crippen LogP contribution in [0.1, 0.15) is 36.5 Å². The maximum Gasteiger partial charge on any atom is 0.255 e. The number of carbonyl (C=O) groups is 1. The second kappa shape index (κ2) is 12.3. The summed E-state index contributed by atoms with van der Waals surface area (Å²) in [5.41, 5.74) is 1.29. The Morgan fingerprint density at radius 3 is 1.84 bits per heavy atom. The molecule has 3 aromatic rings. The molecule has 0 saturated carbocycles. The molecule has 0 spiro atoms. The lowest BCUT2D eigenvalue weighted by Gasteiger charge is -2.10. The third-order valence-corrected chi connectivity index (χ3v) is 4.61. The van der Waals surface area contributed by atoms with Gasteiger partial charge in [-0.25, -0.2) is 0 Å². The van der Waals surface area contributed by atoms with Gasteiger partial charge in [0, 0.05) is 11.3 Å². The lowest BCUT2D eigenvalue weighted by molar-refractivity contribution is 0.102. The Hall–Kier alpha value is -3.47. The Balaban J connectivity index is 1.41. The van der Waals surface area contributed by atoms with Crippen molar-refractivity contribution in [1.29, 1.82) is 0 Å². The largest absolute Gasteiger partial charge is 0.494 e. The van der Waals surface area contributed by atoms with E-state index in [1.54, 1.807) is 12.1 Å². The van der Waals surface area contributed by atoms with E-state index in [1.807, 2.05) is 66.7 Å². The van der Waals surface area contributed by atoms with Crippen molar-refractivity contribution in [3.63, 3.8) is 0 Å². The standard InChI is InChI=1S/C26H29NO4/c1-2-3-7-18-29-24-14-10-21(11-15-24)26(28)27-22-12-16-25(17-13-22)31-20-19-30-23-8-5-4-6-9-23/h4-6,8-17H,2-3,7,18-20H2,1H3,(H,27,28). The number of para-hydroxylation sites is 1. The number of hydrogen-bond donors (Lipinski definition) is 1. The predicted octanol–water partition coefficient (Wildman–Crippen LogP) is 5.97. The quantitative estimate of drug-likeness (QED) is 0.368. The summed E-state index contributed by atoms with van der Waals surface area (Å²) in [5, 5.41) is 2.89. The van der Waals surface area contributed by atoms with E-state index in [2.05, 4.69) is 12.2 Å². The van der Waals surface area contributed by atoms with E-state index in [0.29, 0.717) is 31.1 Å². The zero-order chi connectivity index (χ0) is 21.7. The van der Waals surface area contributed by atoms with Crippen molar-refractivity contribution >= 4 is 11.6 Å². The molecule has 0 aromatic heterocycles. The minimum atomic E-state index is -0.164. The molecule has 0 fully saturated rings. The molecule has 0 radical (unpaired) electrons. The first-order chi connectivity index (χ1) is 15.2. The second-order valence-corrected chi connectivity index (χ2v) is 7.07. The number of unbranched alkanes of at least 4 members (excludes halogenated alkanes) is 2. The van der Waals surface area contributed by atoms with Crippen LogP contribution in [0.25, 0.3) is 0 Å². The fraction of sp³-hybridized carbons (Fsp3) is 0.269. The molecule has 0 bridgehead atoms. The van der Waals surface area contributed by atoms with Gasteiger partial charge >= 0.3 is 0 Å². The fourth-order valence-electron chi connectivity index (χ4n) is 2.92. The molecule has 3 rings (SSSR count). The van der Waals surface area contributed by atoms with Crippen molar-refractivity contribution in [1.82, 2.24) is 0 Å². The van der Waals surface area contributed by atoms with E-state index < -0.39 is 0 Å². The van der Waals surface area contributed by atoms with Crippen LogP contribution in [0.2, 0.25) is 0 Å². The fourth-order valence-corrected chi connectivity index (χ4v) is 2.92. The number of benzene rings is 3. The van der Waals surface area contributed by atoms with Gasteiger partial charge < -0.3 is 19.5 Å². The summed E-state index contributed by atoms with van der Waals surface area (Å²) in [6, 6.07) is 24.1. The molecule has 5 heteroatoms. The van der Waals surface area contributed by atoms with E-state index in [-0.39, 0.29) is 5.91 Å². The Labute approximate surface area is 184 Å². The van der Waals surface area contributed by atoms with Crippen molar-refractivity contribution in [2.45, 2.75) is 26.2 Å². The minimum Gasteiger partial charge on any atom is -0.494 e. The van der Waals surface area contributed by atoms with Crippen molar-refractivity contribution in [2.24, 2.45) is 0 Å². The molecule has 0 aliphatic carbocycles. The average Bonchev–Trinajstić information content (AvgIpc) is 2.82. The van der Waals surface area contributed by atoms with Gasteiger partial charge in [0.2, 0.25) is 0 Å². The molecule has 1 N–H and O–H groups in total. The van der Waals surface area contributed by atoms with E-state index in [0.717, 1.165) is 36.5 Å². The number of anilines is 1. The van der Waals surface area contributed by atoms with E-state index in [9.17, 15) is 4.79 Å². The topological polar surface area (TPSA) is 56.8 Å². The average molecular weight is 420 g/mol. The van der Waals surface area contributed by atoms with Gasteiger partial charge in [-0.1, -0.05) is 38.0 Å². The Bertz CT molecular complexity index is 908. The lowest BCUT2D eigenvalue weighted by atomic mass is 10.2. The monoisotopic (exact) mass is 419 g/mol. The van der Waals surface area contributed by atoms with Crippen molar-refractivity contribution < 1.29 is 19.0 Å². The van der Waals surface area contributed by atoms with Gasteiger partial charge in [0.15, 0.2) is 0 Å². The van der Waals surface area contributed by atoms with Crippen LogP contribution in [0.15, 0.2) is 78.9 Å². The molecule has 162 valence electrons. The Morgan fingerprint density at radius 1 is 0.677 bits per heavy atom.